The zero-order valence-corrected chi connectivity index (χ0v) is 7.89. The molecule has 5 heteroatoms. The molecule has 2 aromatic rings. The first-order valence-electron chi connectivity index (χ1n) is 4.12. The van der Waals surface area contributed by atoms with Crippen LogP contribution in [0.2, 0.25) is 0 Å². The smallest absolute Gasteiger partial charge is 0.185 e. The normalized spacial score (nSPS) is 10.4. The Morgan fingerprint density at radius 2 is 2.36 bits per heavy atom. The lowest BCUT2D eigenvalue weighted by Crippen LogP contribution is -1.92. The highest BCUT2D eigenvalue weighted by Crippen LogP contribution is 2.20. The molecule has 2 rings (SSSR count). The Morgan fingerprint density at radius 3 is 2.93 bits per heavy atom. The van der Waals surface area contributed by atoms with Crippen molar-refractivity contribution in [2.45, 2.75) is 6.92 Å². The van der Waals surface area contributed by atoms with Gasteiger partial charge in [-0.15, -0.1) is 0 Å². The quantitative estimate of drug-likeness (QED) is 0.669. The fraction of sp³-hybridized carbons (Fsp3) is 0.222. The third-order valence-corrected chi connectivity index (χ3v) is 2.05. The molecule has 0 fully saturated rings. The number of aromatic nitrogens is 3. The molecule has 2 heterocycles. The summed E-state index contributed by atoms with van der Waals surface area (Å²) in [5.41, 5.74) is 1.90. The SMILES string of the molecule is Cc1cc(-c2ocnc2C=O)nn1C. The molecule has 0 radical (unpaired) electrons. The first-order chi connectivity index (χ1) is 6.72. The van der Waals surface area contributed by atoms with E-state index < -0.39 is 0 Å². The predicted molar refractivity (Wildman–Crippen MR) is 48.8 cm³/mol. The number of hydrogen-bond acceptors (Lipinski definition) is 4. The first-order valence-corrected chi connectivity index (χ1v) is 4.12. The lowest BCUT2D eigenvalue weighted by atomic mass is 10.2. The zero-order chi connectivity index (χ0) is 10.1. The number of rotatable bonds is 2. The molecular weight excluding hydrogens is 182 g/mol. The van der Waals surface area contributed by atoms with Gasteiger partial charge in [-0.25, -0.2) is 4.98 Å². The van der Waals surface area contributed by atoms with E-state index in [0.29, 0.717) is 17.7 Å². The van der Waals surface area contributed by atoms with Crippen molar-refractivity contribution in [2.24, 2.45) is 7.05 Å². The van der Waals surface area contributed by atoms with E-state index >= 15 is 0 Å². The van der Waals surface area contributed by atoms with E-state index in [-0.39, 0.29) is 5.69 Å². The van der Waals surface area contributed by atoms with Gasteiger partial charge in [0, 0.05) is 12.7 Å². The van der Waals surface area contributed by atoms with Crippen molar-refractivity contribution in [3.63, 3.8) is 0 Å². The van der Waals surface area contributed by atoms with Crippen LogP contribution in [0.15, 0.2) is 16.9 Å². The van der Waals surface area contributed by atoms with Crippen molar-refractivity contribution < 1.29 is 9.21 Å². The van der Waals surface area contributed by atoms with Crippen molar-refractivity contribution in [1.29, 1.82) is 0 Å². The molecule has 0 atom stereocenters. The van der Waals surface area contributed by atoms with Crippen LogP contribution in [-0.2, 0) is 7.05 Å². The van der Waals surface area contributed by atoms with Crippen LogP contribution in [0.5, 0.6) is 0 Å². The number of aldehydes is 1. The standard InChI is InChI=1S/C9H9N3O2/c1-6-3-7(11-12(6)2)9-8(4-13)10-5-14-9/h3-5H,1-2H3. The molecule has 0 aliphatic carbocycles. The second kappa shape index (κ2) is 3.10. The van der Waals surface area contributed by atoms with Crippen LogP contribution in [0.3, 0.4) is 0 Å². The van der Waals surface area contributed by atoms with E-state index in [2.05, 4.69) is 10.1 Å². The average molecular weight is 191 g/mol. The van der Waals surface area contributed by atoms with Gasteiger partial charge >= 0.3 is 0 Å². The Hall–Kier alpha value is -1.91. The van der Waals surface area contributed by atoms with E-state index in [0.717, 1.165) is 5.69 Å². The summed E-state index contributed by atoms with van der Waals surface area (Å²) in [6, 6.07) is 1.84. The van der Waals surface area contributed by atoms with Crippen LogP contribution in [0.1, 0.15) is 16.2 Å². The molecule has 0 spiro atoms. The molecule has 0 aliphatic rings. The van der Waals surface area contributed by atoms with Crippen molar-refractivity contribution in [3.8, 4) is 11.5 Å². The monoisotopic (exact) mass is 191 g/mol. The molecule has 0 N–H and O–H groups in total. The molecule has 14 heavy (non-hydrogen) atoms. The second-order valence-electron chi connectivity index (χ2n) is 2.98. The Bertz CT molecular complexity index is 451. The van der Waals surface area contributed by atoms with Crippen LogP contribution in [0.4, 0.5) is 0 Å². The van der Waals surface area contributed by atoms with Gasteiger partial charge in [-0.2, -0.15) is 5.10 Å². The highest BCUT2D eigenvalue weighted by atomic mass is 16.3. The van der Waals surface area contributed by atoms with Gasteiger partial charge < -0.3 is 4.42 Å². The molecule has 0 bridgehead atoms. The first kappa shape index (κ1) is 8.68. The number of aryl methyl sites for hydroxylation is 2. The molecular formula is C9H9N3O2. The summed E-state index contributed by atoms with van der Waals surface area (Å²) >= 11 is 0. The number of carbonyl (C=O) groups is 1. The number of nitrogens with zero attached hydrogens (tertiary/aromatic N) is 3. The molecule has 0 aliphatic heterocycles. The molecule has 72 valence electrons. The van der Waals surface area contributed by atoms with E-state index in [1.165, 1.54) is 6.39 Å². The average Bonchev–Trinajstić information content (AvgIpc) is 2.73. The Morgan fingerprint density at radius 1 is 1.57 bits per heavy atom. The lowest BCUT2D eigenvalue weighted by molar-refractivity contribution is 0.111. The van der Waals surface area contributed by atoms with Gasteiger partial charge in [-0.05, 0) is 13.0 Å². The minimum atomic E-state index is 0.281. The summed E-state index contributed by atoms with van der Waals surface area (Å²) in [5.74, 6) is 0.420. The van der Waals surface area contributed by atoms with Crippen LogP contribution in [-0.4, -0.2) is 21.1 Å². The molecule has 0 aromatic carbocycles. The van der Waals surface area contributed by atoms with Crippen LogP contribution in [0.25, 0.3) is 11.5 Å². The van der Waals surface area contributed by atoms with E-state index in [1.54, 1.807) is 4.68 Å². The third-order valence-electron chi connectivity index (χ3n) is 2.05. The Labute approximate surface area is 80.4 Å². The molecule has 2 aromatic heterocycles. The van der Waals surface area contributed by atoms with Crippen molar-refractivity contribution in [1.82, 2.24) is 14.8 Å². The summed E-state index contributed by atoms with van der Waals surface area (Å²) in [7, 11) is 1.83. The Kier molecular flexibility index (Phi) is 1.92. The summed E-state index contributed by atoms with van der Waals surface area (Å²) < 4.78 is 6.81. The number of oxazole rings is 1. The topological polar surface area (TPSA) is 60.9 Å². The second-order valence-corrected chi connectivity index (χ2v) is 2.98. The summed E-state index contributed by atoms with van der Waals surface area (Å²) in [5, 5.41) is 4.19. The van der Waals surface area contributed by atoms with E-state index in [9.17, 15) is 4.79 Å². The van der Waals surface area contributed by atoms with Crippen LogP contribution < -0.4 is 0 Å². The molecule has 5 nitrogen and oxygen atoms in total. The summed E-state index contributed by atoms with van der Waals surface area (Å²) in [4.78, 5) is 14.4. The fourth-order valence-corrected chi connectivity index (χ4v) is 1.20. The molecule has 0 amide bonds. The van der Waals surface area contributed by atoms with Gasteiger partial charge in [-0.3, -0.25) is 9.48 Å². The predicted octanol–water partition coefficient (Wildman–Crippen LogP) is 1.20. The maximum Gasteiger partial charge on any atom is 0.185 e. The maximum absolute atomic E-state index is 10.6. The van der Waals surface area contributed by atoms with Crippen LogP contribution >= 0.6 is 0 Å². The molecule has 0 saturated heterocycles. The lowest BCUT2D eigenvalue weighted by Gasteiger charge is -1.90. The summed E-state index contributed by atoms with van der Waals surface area (Å²) in [6.45, 7) is 1.92. The number of hydrogen-bond donors (Lipinski definition) is 0. The van der Waals surface area contributed by atoms with Gasteiger partial charge in [0.2, 0.25) is 0 Å². The van der Waals surface area contributed by atoms with Gasteiger partial charge in [0.05, 0.1) is 0 Å². The minimum absolute atomic E-state index is 0.281. The minimum Gasteiger partial charge on any atom is -0.441 e. The highest BCUT2D eigenvalue weighted by Gasteiger charge is 2.13. The van der Waals surface area contributed by atoms with Crippen molar-refractivity contribution in [2.75, 3.05) is 0 Å². The largest absolute Gasteiger partial charge is 0.441 e. The maximum atomic E-state index is 10.6. The molecule has 0 saturated carbocycles. The zero-order valence-electron chi connectivity index (χ0n) is 7.89. The van der Waals surface area contributed by atoms with Gasteiger partial charge in [0.25, 0.3) is 0 Å². The van der Waals surface area contributed by atoms with Gasteiger partial charge in [-0.1, -0.05) is 0 Å². The van der Waals surface area contributed by atoms with Crippen molar-refractivity contribution in [3.05, 3.63) is 23.8 Å². The van der Waals surface area contributed by atoms with Gasteiger partial charge in [0.1, 0.15) is 5.69 Å². The van der Waals surface area contributed by atoms with Gasteiger partial charge in [0.15, 0.2) is 24.1 Å². The number of carbonyl (C=O) groups excluding carboxylic acids is 1. The summed E-state index contributed by atoms with van der Waals surface area (Å²) in [6.07, 6.45) is 1.89. The molecule has 0 unspecified atom stereocenters. The van der Waals surface area contributed by atoms with Crippen LogP contribution in [0, 0.1) is 6.92 Å². The third kappa shape index (κ3) is 1.22. The fourth-order valence-electron chi connectivity index (χ4n) is 1.20. The van der Waals surface area contributed by atoms with E-state index in [4.69, 9.17) is 4.42 Å². The van der Waals surface area contributed by atoms with Crippen molar-refractivity contribution >= 4 is 6.29 Å². The van der Waals surface area contributed by atoms with E-state index in [1.807, 2.05) is 20.0 Å². The Balaban J connectivity index is 2.54. The highest BCUT2D eigenvalue weighted by molar-refractivity contribution is 5.81.